The van der Waals surface area contributed by atoms with Crippen LogP contribution in [0.3, 0.4) is 0 Å². The molecule has 2 N–H and O–H groups in total. The molecular formula is C20H33FN2O5S2. The van der Waals surface area contributed by atoms with Crippen molar-refractivity contribution >= 4 is 20.0 Å². The number of nitrogens with one attached hydrogen (secondary N) is 2. The minimum atomic E-state index is -3.59. The predicted molar refractivity (Wildman–Crippen MR) is 116 cm³/mol. The molecule has 1 aliphatic carbocycles. The number of hydrogen-bond acceptors (Lipinski definition) is 5. The number of halogens is 1. The molecule has 1 saturated carbocycles. The topological polar surface area (TPSA) is 102 Å². The van der Waals surface area contributed by atoms with E-state index in [-0.39, 0.29) is 19.6 Å². The number of alkyl halides is 1. The van der Waals surface area contributed by atoms with Gasteiger partial charge in [0.1, 0.15) is 12.4 Å². The van der Waals surface area contributed by atoms with Crippen LogP contribution in [0.2, 0.25) is 0 Å². The van der Waals surface area contributed by atoms with Gasteiger partial charge in [-0.15, -0.1) is 0 Å². The van der Waals surface area contributed by atoms with Crippen molar-refractivity contribution in [3.8, 4) is 5.75 Å². The summed E-state index contributed by atoms with van der Waals surface area (Å²) in [4.78, 5) is 0. The van der Waals surface area contributed by atoms with Gasteiger partial charge in [0, 0.05) is 6.54 Å². The van der Waals surface area contributed by atoms with E-state index in [0.717, 1.165) is 6.42 Å². The first-order valence-electron chi connectivity index (χ1n) is 10.3. The molecule has 7 nitrogen and oxygen atoms in total. The second-order valence-electron chi connectivity index (χ2n) is 8.23. The van der Waals surface area contributed by atoms with Crippen LogP contribution in [0.4, 0.5) is 4.39 Å². The molecule has 0 aliphatic heterocycles. The van der Waals surface area contributed by atoms with Crippen LogP contribution >= 0.6 is 0 Å². The lowest BCUT2D eigenvalue weighted by Gasteiger charge is -2.38. The zero-order chi connectivity index (χ0) is 22.6. The van der Waals surface area contributed by atoms with Crippen molar-refractivity contribution in [2.24, 2.45) is 0 Å². The fraction of sp³-hybridized carbons (Fsp3) is 0.700. The average Bonchev–Trinajstić information content (AvgIpc) is 2.67. The molecule has 10 heteroatoms. The molecule has 1 fully saturated rings. The average molecular weight is 465 g/mol. The number of sulfonamides is 2. The predicted octanol–water partition coefficient (Wildman–Crippen LogP) is 2.83. The molecule has 172 valence electrons. The van der Waals surface area contributed by atoms with Crippen LogP contribution in [0.25, 0.3) is 0 Å². The standard InChI is InChI=1S/C20H33FN2O5S2/c1-15(2)29(24,25)22-13-14-28-18-10-8-17(9-11-18)20(21)12-6-5-7-19(20)23-30(26,27)16(3)4/h8-11,15-16,19,22-23H,5-7,12-14H2,1-4H3. The van der Waals surface area contributed by atoms with Crippen LogP contribution in [0.1, 0.15) is 58.9 Å². The third-order valence-electron chi connectivity index (χ3n) is 5.39. The first-order chi connectivity index (χ1) is 13.9. The number of rotatable bonds is 10. The molecule has 2 unspecified atom stereocenters. The van der Waals surface area contributed by atoms with Crippen molar-refractivity contribution in [3.63, 3.8) is 0 Å². The highest BCUT2D eigenvalue weighted by molar-refractivity contribution is 7.90. The summed E-state index contributed by atoms with van der Waals surface area (Å²) in [5.74, 6) is 0.487. The molecule has 30 heavy (non-hydrogen) atoms. The summed E-state index contributed by atoms with van der Waals surface area (Å²) < 4.78 is 74.5. The van der Waals surface area contributed by atoms with Crippen LogP contribution in [0.5, 0.6) is 5.75 Å². The highest BCUT2D eigenvalue weighted by atomic mass is 32.2. The van der Waals surface area contributed by atoms with Gasteiger partial charge in [-0.3, -0.25) is 0 Å². The molecule has 0 radical (unpaired) electrons. The van der Waals surface area contributed by atoms with Gasteiger partial charge in [0.2, 0.25) is 20.0 Å². The first kappa shape index (κ1) is 25.0. The van der Waals surface area contributed by atoms with Crippen LogP contribution in [0, 0.1) is 0 Å². The lowest BCUT2D eigenvalue weighted by Crippen LogP contribution is -2.51. The zero-order valence-electron chi connectivity index (χ0n) is 18.0. The van der Waals surface area contributed by atoms with Gasteiger partial charge in [-0.25, -0.2) is 30.7 Å². The number of hydrogen-bond donors (Lipinski definition) is 2. The van der Waals surface area contributed by atoms with Crippen molar-refractivity contribution in [2.75, 3.05) is 13.2 Å². The Balaban J connectivity index is 2.04. The van der Waals surface area contributed by atoms with Gasteiger partial charge >= 0.3 is 0 Å². The van der Waals surface area contributed by atoms with Gasteiger partial charge in [0.15, 0.2) is 5.67 Å². The normalized spacial score (nSPS) is 23.1. The van der Waals surface area contributed by atoms with E-state index in [2.05, 4.69) is 9.44 Å². The largest absolute Gasteiger partial charge is 0.492 e. The Morgan fingerprint density at radius 1 is 1.03 bits per heavy atom. The number of benzene rings is 1. The zero-order valence-corrected chi connectivity index (χ0v) is 19.7. The van der Waals surface area contributed by atoms with Crippen LogP contribution < -0.4 is 14.2 Å². The molecule has 2 atom stereocenters. The Kier molecular flexibility index (Phi) is 8.29. The lowest BCUT2D eigenvalue weighted by atomic mass is 9.77. The van der Waals surface area contributed by atoms with Crippen LogP contribution in [-0.2, 0) is 25.7 Å². The second kappa shape index (κ2) is 9.93. The summed E-state index contributed by atoms with van der Waals surface area (Å²) in [6.07, 6.45) is 2.14. The van der Waals surface area contributed by atoms with Crippen molar-refractivity contribution in [1.82, 2.24) is 9.44 Å². The Bertz CT molecular complexity index is 902. The molecule has 0 aromatic heterocycles. The Morgan fingerprint density at radius 3 is 2.20 bits per heavy atom. The molecule has 0 bridgehead atoms. The van der Waals surface area contributed by atoms with Gasteiger partial charge in [-0.2, -0.15) is 0 Å². The molecular weight excluding hydrogens is 431 g/mol. The Morgan fingerprint density at radius 2 is 1.63 bits per heavy atom. The summed E-state index contributed by atoms with van der Waals surface area (Å²) in [5.41, 5.74) is -1.38. The second-order valence-corrected chi connectivity index (χ2v) is 12.8. The van der Waals surface area contributed by atoms with E-state index < -0.39 is 42.3 Å². The van der Waals surface area contributed by atoms with Crippen LogP contribution in [-0.4, -0.2) is 46.5 Å². The quantitative estimate of drug-likeness (QED) is 0.519. The van der Waals surface area contributed by atoms with E-state index in [1.165, 1.54) is 0 Å². The Hall–Kier alpha value is -1.23. The third kappa shape index (κ3) is 6.15. The molecule has 2 rings (SSSR count). The maximum atomic E-state index is 16.0. The lowest BCUT2D eigenvalue weighted by molar-refractivity contribution is 0.0712. The third-order valence-corrected chi connectivity index (χ3v) is 9.09. The fourth-order valence-electron chi connectivity index (χ4n) is 3.31. The molecule has 0 spiro atoms. The highest BCUT2D eigenvalue weighted by Gasteiger charge is 2.44. The summed E-state index contributed by atoms with van der Waals surface area (Å²) >= 11 is 0. The maximum absolute atomic E-state index is 16.0. The van der Waals surface area contributed by atoms with Gasteiger partial charge in [0.25, 0.3) is 0 Å². The molecule has 0 saturated heterocycles. The summed E-state index contributed by atoms with van der Waals surface area (Å²) in [5, 5.41) is -1.15. The van der Waals surface area contributed by atoms with E-state index in [1.807, 2.05) is 0 Å². The van der Waals surface area contributed by atoms with E-state index >= 15 is 4.39 Å². The molecule has 1 aromatic rings. The smallest absolute Gasteiger partial charge is 0.214 e. The number of ether oxygens (including phenoxy) is 1. The van der Waals surface area contributed by atoms with Crippen molar-refractivity contribution in [2.45, 2.75) is 75.6 Å². The van der Waals surface area contributed by atoms with E-state index in [9.17, 15) is 16.8 Å². The van der Waals surface area contributed by atoms with E-state index in [0.29, 0.717) is 24.2 Å². The minimum absolute atomic E-state index is 0.133. The Labute approximate surface area is 179 Å². The van der Waals surface area contributed by atoms with E-state index in [4.69, 9.17) is 4.74 Å². The summed E-state index contributed by atoms with van der Waals surface area (Å²) in [7, 11) is -6.93. The fourth-order valence-corrected chi connectivity index (χ4v) is 4.99. The van der Waals surface area contributed by atoms with Gasteiger partial charge in [-0.05, 0) is 64.7 Å². The van der Waals surface area contributed by atoms with Gasteiger partial charge in [0.05, 0.1) is 16.5 Å². The highest BCUT2D eigenvalue weighted by Crippen LogP contribution is 2.42. The molecule has 0 heterocycles. The SMILES string of the molecule is CC(C)S(=O)(=O)NCCOc1ccc(C2(F)CCCCC2NS(=O)(=O)C(C)C)cc1. The summed E-state index contributed by atoms with van der Waals surface area (Å²) in [6.45, 7) is 6.59. The monoisotopic (exact) mass is 464 g/mol. The van der Waals surface area contributed by atoms with Crippen molar-refractivity contribution in [3.05, 3.63) is 29.8 Å². The van der Waals surface area contributed by atoms with Gasteiger partial charge < -0.3 is 4.74 Å². The maximum Gasteiger partial charge on any atom is 0.214 e. The van der Waals surface area contributed by atoms with Crippen molar-refractivity contribution < 1.29 is 26.0 Å². The molecule has 0 amide bonds. The minimum Gasteiger partial charge on any atom is -0.492 e. The van der Waals surface area contributed by atoms with Crippen molar-refractivity contribution in [1.29, 1.82) is 0 Å². The van der Waals surface area contributed by atoms with Gasteiger partial charge in [-0.1, -0.05) is 18.6 Å². The first-order valence-corrected chi connectivity index (χ1v) is 13.4. The molecule has 1 aliphatic rings. The summed E-state index contributed by atoms with van der Waals surface area (Å²) in [6, 6.07) is 5.65. The van der Waals surface area contributed by atoms with E-state index in [1.54, 1.807) is 52.0 Å². The van der Waals surface area contributed by atoms with Crippen LogP contribution in [0.15, 0.2) is 24.3 Å². The molecule has 1 aromatic carbocycles.